The molecule has 0 saturated carbocycles. The van der Waals surface area contributed by atoms with Crippen molar-refractivity contribution < 1.29 is 0 Å². The van der Waals surface area contributed by atoms with Crippen LogP contribution >= 0.6 is 0 Å². The summed E-state index contributed by atoms with van der Waals surface area (Å²) in [4.78, 5) is 0. The molecule has 0 radical (unpaired) electrons. The molecule has 0 spiro atoms. The van der Waals surface area contributed by atoms with Crippen LogP contribution in [0.5, 0.6) is 0 Å². The highest BCUT2D eigenvalue weighted by Crippen LogP contribution is 2.39. The van der Waals surface area contributed by atoms with E-state index >= 15 is 0 Å². The predicted molar refractivity (Wildman–Crippen MR) is 463 cm³/mol. The summed E-state index contributed by atoms with van der Waals surface area (Å²) in [5.41, 5.74) is 24.2. The average molecular weight is 1390 g/mol. The lowest BCUT2D eigenvalue weighted by Crippen LogP contribution is -2.24. The van der Waals surface area contributed by atoms with Crippen LogP contribution in [0.15, 0.2) is 255 Å². The molecule has 0 atom stereocenters. The molecule has 0 N–H and O–H groups in total. The monoisotopic (exact) mass is 1390 g/mol. The Morgan fingerprint density at radius 3 is 0.358 bits per heavy atom. The molecule has 0 aliphatic heterocycles. The molecule has 13 aromatic rings. The lowest BCUT2D eigenvalue weighted by molar-refractivity contribution is 0.590. The molecule has 0 nitrogen and oxygen atoms in total. The summed E-state index contributed by atoms with van der Waals surface area (Å²) in [5.74, 6) is 0. The van der Waals surface area contributed by atoms with Crippen molar-refractivity contribution in [3.05, 3.63) is 365 Å². The van der Waals surface area contributed by atoms with Gasteiger partial charge in [-0.15, -0.1) is 0 Å². The van der Waals surface area contributed by atoms with Crippen LogP contribution in [-0.4, -0.2) is 0 Å². The highest BCUT2D eigenvalue weighted by Gasteiger charge is 2.27. The minimum Gasteiger partial charge on any atom is -0.0616 e. The minimum absolute atomic E-state index is 0.0558. The minimum atomic E-state index is -0.0558. The van der Waals surface area contributed by atoms with E-state index in [9.17, 15) is 0 Å². The molecule has 0 heterocycles. The maximum atomic E-state index is 2.69. The van der Waals surface area contributed by atoms with Crippen molar-refractivity contribution >= 4 is 65.4 Å². The van der Waals surface area contributed by atoms with Gasteiger partial charge in [-0.25, -0.2) is 0 Å². The van der Waals surface area contributed by atoms with Crippen LogP contribution in [0.3, 0.4) is 0 Å². The van der Waals surface area contributed by atoms with Crippen LogP contribution in [0.25, 0.3) is 65.4 Å². The summed E-state index contributed by atoms with van der Waals surface area (Å²) in [6.07, 6.45) is 0. The van der Waals surface area contributed by atoms with Gasteiger partial charge in [0.15, 0.2) is 0 Å². The molecule has 0 fully saturated rings. The van der Waals surface area contributed by atoms with Crippen molar-refractivity contribution in [2.45, 2.75) is 209 Å². The van der Waals surface area contributed by atoms with E-state index in [0.717, 1.165) is 0 Å². The zero-order valence-electron chi connectivity index (χ0n) is 68.2. The van der Waals surface area contributed by atoms with E-state index in [1.807, 2.05) is 0 Å². The topological polar surface area (TPSA) is 0 Å². The second kappa shape index (κ2) is 27.3. The van der Waals surface area contributed by atoms with Crippen LogP contribution in [0.1, 0.15) is 255 Å². The molecule has 13 aromatic carbocycles. The van der Waals surface area contributed by atoms with Crippen LogP contribution in [0, 0.1) is 0 Å². The van der Waals surface area contributed by atoms with E-state index < -0.39 is 0 Å². The number of hydrogen-bond donors (Lipinski definition) is 0. The highest BCUT2D eigenvalue weighted by atomic mass is 14.3. The highest BCUT2D eigenvalue weighted by molar-refractivity contribution is 6.15. The Bertz CT molecular complexity index is 4770. The van der Waals surface area contributed by atoms with Crippen molar-refractivity contribution in [2.24, 2.45) is 0 Å². The second-order valence-corrected chi connectivity index (χ2v) is 38.7. The molecule has 538 valence electrons. The third-order valence-electron chi connectivity index (χ3n) is 22.5. The molecule has 0 aromatic heterocycles. The second-order valence-electron chi connectivity index (χ2n) is 38.7. The van der Waals surface area contributed by atoms with Gasteiger partial charge in [0.25, 0.3) is 0 Å². The molecule has 0 aliphatic rings. The van der Waals surface area contributed by atoms with Gasteiger partial charge < -0.3 is 0 Å². The molecule has 0 aliphatic carbocycles. The molecular weight excluding hydrogens is 1270 g/mol. The Labute approximate surface area is 635 Å². The molecular formula is C106H114. The van der Waals surface area contributed by atoms with Gasteiger partial charge >= 0.3 is 0 Å². The molecule has 13 rings (SSSR count). The fraction of sp³-hybridized carbons (Fsp3) is 0.302. The summed E-state index contributed by atoms with van der Waals surface area (Å²) in [7, 11) is 0. The average Bonchev–Trinajstić information content (AvgIpc) is 0.698. The summed E-state index contributed by atoms with van der Waals surface area (Å²) in [6.45, 7) is 55.8. The number of rotatable bonds is 8. The Morgan fingerprint density at radius 2 is 0.255 bits per heavy atom. The van der Waals surface area contributed by atoms with Gasteiger partial charge in [0.05, 0.1) is 0 Å². The Morgan fingerprint density at radius 1 is 0.142 bits per heavy atom. The first-order valence-corrected chi connectivity index (χ1v) is 38.9. The zero-order chi connectivity index (χ0) is 76.2. The molecule has 0 unspecified atom stereocenters. The molecule has 0 saturated heterocycles. The molecule has 106 heavy (non-hydrogen) atoms. The van der Waals surface area contributed by atoms with E-state index in [-0.39, 0.29) is 43.3 Å². The summed E-state index contributed by atoms with van der Waals surface area (Å²) >= 11 is 0. The fourth-order valence-electron chi connectivity index (χ4n) is 15.8. The molecule has 0 amide bonds. The van der Waals surface area contributed by atoms with Crippen molar-refractivity contribution in [1.82, 2.24) is 0 Å². The Hall–Kier alpha value is -9.62. The largest absolute Gasteiger partial charge is 0.0616 e. The maximum absolute atomic E-state index is 2.69. The first-order valence-electron chi connectivity index (χ1n) is 38.9. The third kappa shape index (κ3) is 14.7. The van der Waals surface area contributed by atoms with Gasteiger partial charge in [0.1, 0.15) is 0 Å². The van der Waals surface area contributed by atoms with Gasteiger partial charge in [-0.3, -0.25) is 0 Å². The fourth-order valence-corrected chi connectivity index (χ4v) is 15.8. The summed E-state index contributed by atoms with van der Waals surface area (Å²) in [6, 6.07) is 101. The Kier molecular flexibility index (Phi) is 19.2. The SMILES string of the molecule is CC(C)(C)c1ccc(C(c2ccc(C(C)(C)C)cc2)=c2c3ccccc3c(=C(c3ccc(C(C)(C)C)cc3)c3ccc(C(C)(C)C)cc3)c3cc4c(=C(c5ccc(C(C)(C)C)cc5)c5ccc(C(C)(C)C)cc5)c5ccccc5c(=C(c5ccc(C(C)(C)C)cc5)c5ccc(C(C)(C)C)cc5)c4cc23)cc1. The maximum Gasteiger partial charge on any atom is -0.00141 e. The quantitative estimate of drug-likeness (QED) is 0.133. The van der Waals surface area contributed by atoms with Gasteiger partial charge in [-0.05, 0) is 231 Å². The zero-order valence-corrected chi connectivity index (χ0v) is 68.2. The van der Waals surface area contributed by atoms with E-state index in [4.69, 9.17) is 0 Å². The van der Waals surface area contributed by atoms with Gasteiger partial charge in [0.2, 0.25) is 0 Å². The van der Waals surface area contributed by atoms with E-state index in [0.29, 0.717) is 0 Å². The first-order chi connectivity index (χ1) is 49.6. The smallest absolute Gasteiger partial charge is 0.00141 e. The van der Waals surface area contributed by atoms with E-state index in [2.05, 4.69) is 421 Å². The standard InChI is InChI=1S/C106H114/c1-99(2,3)75-49-33-67(34-50-75)91(68-35-51-76(52-36-68)100(4,5)6)95-83-29-25-26-30-84(83)96(92(69-37-53-77(54-38-69)101(7,8)9)70-39-55-78(56-40-70)102(10,11)12)88-66-90-89(65-87(88)95)97(93(71-41-57-79(58-42-71)103(13,14)15)72-43-59-80(60-44-72)104(16,17)18)85-31-27-28-32-86(85)98(90)94(73-45-61-81(62-46-73)105(19,20)21)74-47-63-82(64-48-74)106(22,23)24/h25-66H,1-24H3. The van der Waals surface area contributed by atoms with Crippen LogP contribution < -0.4 is 20.9 Å². The number of hydrogen-bond acceptors (Lipinski definition) is 0. The van der Waals surface area contributed by atoms with E-state index in [1.54, 1.807) is 0 Å². The van der Waals surface area contributed by atoms with Crippen molar-refractivity contribution in [1.29, 1.82) is 0 Å². The normalized spacial score (nSPS) is 12.9. The summed E-state index contributed by atoms with van der Waals surface area (Å²) in [5, 5.41) is 14.4. The van der Waals surface area contributed by atoms with Gasteiger partial charge in [-0.2, -0.15) is 0 Å². The van der Waals surface area contributed by atoms with Gasteiger partial charge in [-0.1, -0.05) is 409 Å². The number of benzene rings is 13. The first kappa shape index (κ1) is 74.6. The molecule has 0 heteroatoms. The van der Waals surface area contributed by atoms with Gasteiger partial charge in [0, 0.05) is 0 Å². The van der Waals surface area contributed by atoms with Crippen molar-refractivity contribution in [2.75, 3.05) is 0 Å². The number of fused-ring (bicyclic) bond motifs is 4. The van der Waals surface area contributed by atoms with E-state index in [1.165, 1.54) is 175 Å². The lowest BCUT2D eigenvalue weighted by Gasteiger charge is -2.24. The van der Waals surface area contributed by atoms with Crippen LogP contribution in [0.2, 0.25) is 0 Å². The van der Waals surface area contributed by atoms with Crippen molar-refractivity contribution in [3.63, 3.8) is 0 Å². The molecule has 0 bridgehead atoms. The third-order valence-corrected chi connectivity index (χ3v) is 22.5. The Balaban J connectivity index is 1.44. The summed E-state index contributed by atoms with van der Waals surface area (Å²) < 4.78 is 0. The van der Waals surface area contributed by atoms with Crippen molar-refractivity contribution in [3.8, 4) is 0 Å². The van der Waals surface area contributed by atoms with Crippen LogP contribution in [-0.2, 0) is 43.3 Å². The predicted octanol–water partition coefficient (Wildman–Crippen LogP) is 25.7. The lowest BCUT2D eigenvalue weighted by atomic mass is 9.80. The van der Waals surface area contributed by atoms with Crippen LogP contribution in [0.4, 0.5) is 0 Å².